The van der Waals surface area contributed by atoms with E-state index in [9.17, 15) is 5.11 Å². The highest BCUT2D eigenvalue weighted by Gasteiger charge is 2.42. The van der Waals surface area contributed by atoms with Gasteiger partial charge in [-0.2, -0.15) is 0 Å². The zero-order valence-electron chi connectivity index (χ0n) is 24.7. The minimum absolute atomic E-state index is 0.0726. The molecule has 0 bridgehead atoms. The lowest BCUT2D eigenvalue weighted by atomic mass is 9.80. The van der Waals surface area contributed by atoms with E-state index >= 15 is 0 Å². The summed E-state index contributed by atoms with van der Waals surface area (Å²) in [5, 5.41) is 11.3. The average molecular weight is 592 g/mol. The standard InChI is InChI=1S/C34H33N5O5/c1-4-8-29-38-31-32(35)36-21-37-33(31)39(29)30-19-27(40)28(44-30)20-43-34(22-9-6-5-7-10-22,23-11-15-25(41-2)16-12-23)24-13-17-26(42-3)18-14-24/h5-7,9-18,21,27-28,30,40H,19-20H2,1-3H3,(H2,35,36,37)/t27-,28+,30+/m0/s1. The molecule has 0 spiro atoms. The zero-order chi connectivity index (χ0) is 30.7. The third kappa shape index (κ3) is 5.22. The Balaban J connectivity index is 1.39. The summed E-state index contributed by atoms with van der Waals surface area (Å²) in [6.07, 6.45) is -0.437. The normalized spacial score (nSPS) is 18.1. The van der Waals surface area contributed by atoms with Crippen LogP contribution in [0.25, 0.3) is 11.2 Å². The summed E-state index contributed by atoms with van der Waals surface area (Å²) in [5.74, 6) is 8.02. The number of aliphatic hydroxyl groups is 1. The Morgan fingerprint density at radius 2 is 1.55 bits per heavy atom. The lowest BCUT2D eigenvalue weighted by molar-refractivity contribution is -0.0932. The molecule has 44 heavy (non-hydrogen) atoms. The van der Waals surface area contributed by atoms with Gasteiger partial charge in [-0.05, 0) is 53.8 Å². The summed E-state index contributed by atoms with van der Waals surface area (Å²) < 4.78 is 26.1. The molecule has 224 valence electrons. The predicted molar refractivity (Wildman–Crippen MR) is 165 cm³/mol. The third-order valence-electron chi connectivity index (χ3n) is 7.87. The molecule has 3 N–H and O–H groups in total. The van der Waals surface area contributed by atoms with Gasteiger partial charge in [0.2, 0.25) is 0 Å². The molecule has 6 rings (SSSR count). The number of hydrogen-bond donors (Lipinski definition) is 2. The number of methoxy groups -OCH3 is 2. The summed E-state index contributed by atoms with van der Waals surface area (Å²) in [4.78, 5) is 13.0. The number of rotatable bonds is 9. The van der Waals surface area contributed by atoms with Crippen LogP contribution < -0.4 is 15.2 Å². The van der Waals surface area contributed by atoms with Crippen molar-refractivity contribution in [3.05, 3.63) is 108 Å². The number of nitrogen functional groups attached to an aromatic ring is 1. The van der Waals surface area contributed by atoms with Gasteiger partial charge in [0.15, 0.2) is 22.8 Å². The first-order chi connectivity index (χ1) is 21.5. The van der Waals surface area contributed by atoms with E-state index in [2.05, 4.69) is 26.8 Å². The summed E-state index contributed by atoms with van der Waals surface area (Å²) in [5.41, 5.74) is 8.63. The van der Waals surface area contributed by atoms with Crippen LogP contribution in [0.15, 0.2) is 85.2 Å². The van der Waals surface area contributed by atoms with Crippen molar-refractivity contribution in [2.45, 2.75) is 37.4 Å². The molecule has 3 aromatic carbocycles. The minimum Gasteiger partial charge on any atom is -0.497 e. The first-order valence-electron chi connectivity index (χ1n) is 14.2. The minimum atomic E-state index is -1.05. The number of imidazole rings is 1. The number of ether oxygens (including phenoxy) is 4. The van der Waals surface area contributed by atoms with Gasteiger partial charge in [-0.15, -0.1) is 0 Å². The largest absolute Gasteiger partial charge is 0.497 e. The maximum absolute atomic E-state index is 11.3. The van der Waals surface area contributed by atoms with E-state index < -0.39 is 24.0 Å². The van der Waals surface area contributed by atoms with Crippen molar-refractivity contribution in [2.24, 2.45) is 0 Å². The highest BCUT2D eigenvalue weighted by Crippen LogP contribution is 2.43. The molecule has 3 atom stereocenters. The second-order valence-corrected chi connectivity index (χ2v) is 10.4. The van der Waals surface area contributed by atoms with Crippen molar-refractivity contribution in [3.8, 4) is 23.3 Å². The van der Waals surface area contributed by atoms with E-state index in [1.54, 1.807) is 25.7 Å². The van der Waals surface area contributed by atoms with Crippen LogP contribution in [-0.2, 0) is 15.1 Å². The quantitative estimate of drug-likeness (QED) is 0.189. The highest BCUT2D eigenvalue weighted by atomic mass is 16.6. The number of nitrogens with two attached hydrogens (primary N) is 1. The summed E-state index contributed by atoms with van der Waals surface area (Å²) in [6.45, 7) is 1.80. The first kappa shape index (κ1) is 29.1. The molecule has 2 aromatic heterocycles. The molecule has 0 aliphatic carbocycles. The van der Waals surface area contributed by atoms with E-state index in [1.165, 1.54) is 6.33 Å². The Labute approximate surface area is 255 Å². The average Bonchev–Trinajstić information content (AvgIpc) is 3.62. The van der Waals surface area contributed by atoms with Crippen molar-refractivity contribution in [1.82, 2.24) is 19.5 Å². The SMILES string of the molecule is CC#Cc1nc2c(N)ncnc2n1[C@H]1C[C@H](O)[C@@H](COC(c2ccccc2)(c2ccc(OC)cc2)c2ccc(OC)cc2)O1. The monoisotopic (exact) mass is 591 g/mol. The summed E-state index contributed by atoms with van der Waals surface area (Å²) >= 11 is 0. The fraction of sp³-hybridized carbons (Fsp3) is 0.265. The smallest absolute Gasteiger partial charge is 0.189 e. The fourth-order valence-electron chi connectivity index (χ4n) is 5.70. The molecule has 5 aromatic rings. The number of benzene rings is 3. The van der Waals surface area contributed by atoms with Gasteiger partial charge in [-0.25, -0.2) is 15.0 Å². The van der Waals surface area contributed by atoms with Gasteiger partial charge in [0.1, 0.15) is 35.8 Å². The second kappa shape index (κ2) is 12.3. The molecule has 10 nitrogen and oxygen atoms in total. The molecule has 0 unspecified atom stereocenters. The number of aromatic nitrogens is 4. The molecule has 1 aliphatic rings. The number of fused-ring (bicyclic) bond motifs is 1. The number of hydrogen-bond acceptors (Lipinski definition) is 9. The number of anilines is 1. The lowest BCUT2D eigenvalue weighted by Crippen LogP contribution is -2.38. The molecule has 1 aliphatic heterocycles. The predicted octanol–water partition coefficient (Wildman–Crippen LogP) is 4.45. The van der Waals surface area contributed by atoms with Crippen LogP contribution in [0.3, 0.4) is 0 Å². The van der Waals surface area contributed by atoms with Gasteiger partial charge >= 0.3 is 0 Å². The molecule has 0 amide bonds. The molecular weight excluding hydrogens is 558 g/mol. The molecular formula is C34H33N5O5. The van der Waals surface area contributed by atoms with Crippen molar-refractivity contribution < 1.29 is 24.1 Å². The maximum atomic E-state index is 11.3. The van der Waals surface area contributed by atoms with Crippen molar-refractivity contribution in [3.63, 3.8) is 0 Å². The van der Waals surface area contributed by atoms with Gasteiger partial charge in [-0.1, -0.05) is 60.5 Å². The van der Waals surface area contributed by atoms with Gasteiger partial charge in [0.25, 0.3) is 0 Å². The summed E-state index contributed by atoms with van der Waals surface area (Å²) in [7, 11) is 3.27. The van der Waals surface area contributed by atoms with E-state index in [0.29, 0.717) is 17.0 Å². The molecule has 3 heterocycles. The Kier molecular flexibility index (Phi) is 8.17. The topological polar surface area (TPSA) is 127 Å². The summed E-state index contributed by atoms with van der Waals surface area (Å²) in [6, 6.07) is 25.6. The van der Waals surface area contributed by atoms with Crippen LogP contribution in [0.2, 0.25) is 0 Å². The number of nitrogens with zero attached hydrogens (tertiary/aromatic N) is 4. The van der Waals surface area contributed by atoms with Crippen LogP contribution in [0.4, 0.5) is 5.82 Å². The third-order valence-corrected chi connectivity index (χ3v) is 7.87. The van der Waals surface area contributed by atoms with E-state index in [0.717, 1.165) is 28.2 Å². The fourth-order valence-corrected chi connectivity index (χ4v) is 5.70. The van der Waals surface area contributed by atoms with Crippen molar-refractivity contribution in [1.29, 1.82) is 0 Å². The van der Waals surface area contributed by atoms with Crippen LogP contribution in [0.1, 0.15) is 42.1 Å². The van der Waals surface area contributed by atoms with Gasteiger partial charge in [-0.3, -0.25) is 4.57 Å². The maximum Gasteiger partial charge on any atom is 0.189 e. The van der Waals surface area contributed by atoms with Crippen molar-refractivity contribution >= 4 is 17.0 Å². The van der Waals surface area contributed by atoms with Crippen LogP contribution in [0, 0.1) is 11.8 Å². The molecule has 1 saturated heterocycles. The highest BCUT2D eigenvalue weighted by molar-refractivity contribution is 5.82. The zero-order valence-corrected chi connectivity index (χ0v) is 24.7. The molecule has 0 radical (unpaired) electrons. The van der Waals surface area contributed by atoms with Gasteiger partial charge in [0.05, 0.1) is 26.9 Å². The van der Waals surface area contributed by atoms with Crippen LogP contribution >= 0.6 is 0 Å². The Morgan fingerprint density at radius 1 is 0.932 bits per heavy atom. The lowest BCUT2D eigenvalue weighted by Gasteiger charge is -2.37. The van der Waals surface area contributed by atoms with E-state index in [-0.39, 0.29) is 18.8 Å². The van der Waals surface area contributed by atoms with Crippen LogP contribution in [-0.4, -0.2) is 57.7 Å². The van der Waals surface area contributed by atoms with E-state index in [1.807, 2.05) is 78.9 Å². The van der Waals surface area contributed by atoms with Gasteiger partial charge in [0, 0.05) is 6.42 Å². The Morgan fingerprint density at radius 3 is 2.14 bits per heavy atom. The van der Waals surface area contributed by atoms with Gasteiger partial charge < -0.3 is 29.8 Å². The second-order valence-electron chi connectivity index (χ2n) is 10.4. The molecule has 1 fully saturated rings. The number of aliphatic hydroxyl groups excluding tert-OH is 1. The molecule has 0 saturated carbocycles. The van der Waals surface area contributed by atoms with E-state index in [4.69, 9.17) is 24.7 Å². The van der Waals surface area contributed by atoms with Crippen LogP contribution in [0.5, 0.6) is 11.5 Å². The van der Waals surface area contributed by atoms with Crippen molar-refractivity contribution in [2.75, 3.05) is 26.6 Å². The Bertz CT molecular complexity index is 1750. The first-order valence-corrected chi connectivity index (χ1v) is 14.2. The Hall–Kier alpha value is -4.95. The molecule has 10 heteroatoms.